The van der Waals surface area contributed by atoms with Gasteiger partial charge in [0.1, 0.15) is 11.4 Å². The summed E-state index contributed by atoms with van der Waals surface area (Å²) in [6.45, 7) is 6.20. The Morgan fingerprint density at radius 2 is 1.93 bits per heavy atom. The molecule has 0 saturated carbocycles. The van der Waals surface area contributed by atoms with E-state index in [2.05, 4.69) is 53.2 Å². The van der Waals surface area contributed by atoms with Gasteiger partial charge in [0.15, 0.2) is 5.76 Å². The monoisotopic (exact) mass is 391 g/mol. The van der Waals surface area contributed by atoms with Gasteiger partial charge >= 0.3 is 5.97 Å². The Labute approximate surface area is 170 Å². The van der Waals surface area contributed by atoms with E-state index in [9.17, 15) is 4.79 Å². The number of carbonyl (C=O) groups is 1. The minimum absolute atomic E-state index is 0.262. The number of rotatable bonds is 7. The van der Waals surface area contributed by atoms with Crippen molar-refractivity contribution >= 4 is 5.97 Å². The molecule has 29 heavy (non-hydrogen) atoms. The molecule has 1 fully saturated rings. The van der Waals surface area contributed by atoms with E-state index >= 15 is 0 Å². The molecule has 0 unspecified atom stereocenters. The van der Waals surface area contributed by atoms with Crippen molar-refractivity contribution in [1.82, 2.24) is 15.0 Å². The van der Waals surface area contributed by atoms with Gasteiger partial charge in [0.2, 0.25) is 0 Å². The molecule has 1 aliphatic rings. The standard InChI is InChI=1S/C23H25N3O3/c1-15(2)10-16-6-8-17(9-7-16)21-11-22(29-25-21)20-5-3-4-19(24-20)14-26-12-18(13-26)23(27)28/h3-9,11,15,18H,10,12-14H2,1-2H3,(H,27,28). The number of pyridine rings is 1. The molecular weight excluding hydrogens is 366 g/mol. The van der Waals surface area contributed by atoms with Crippen LogP contribution < -0.4 is 0 Å². The van der Waals surface area contributed by atoms with Gasteiger partial charge in [-0.2, -0.15) is 0 Å². The summed E-state index contributed by atoms with van der Waals surface area (Å²) in [6.07, 6.45) is 1.06. The predicted octanol–water partition coefficient (Wildman–Crippen LogP) is 4.12. The predicted molar refractivity (Wildman–Crippen MR) is 110 cm³/mol. The van der Waals surface area contributed by atoms with Crippen LogP contribution in [0.15, 0.2) is 53.1 Å². The molecule has 0 amide bonds. The molecule has 1 aromatic carbocycles. The lowest BCUT2D eigenvalue weighted by molar-refractivity contribution is -0.147. The smallest absolute Gasteiger partial charge is 0.309 e. The molecule has 6 nitrogen and oxygen atoms in total. The van der Waals surface area contributed by atoms with Gasteiger partial charge in [0, 0.05) is 31.3 Å². The number of carboxylic acid groups (broad SMARTS) is 1. The molecule has 2 aromatic heterocycles. The Balaban J connectivity index is 1.45. The summed E-state index contributed by atoms with van der Waals surface area (Å²) in [6, 6.07) is 16.1. The van der Waals surface area contributed by atoms with Crippen molar-refractivity contribution in [3.05, 3.63) is 59.8 Å². The molecule has 150 valence electrons. The quantitative estimate of drug-likeness (QED) is 0.653. The summed E-state index contributed by atoms with van der Waals surface area (Å²) < 4.78 is 5.54. The van der Waals surface area contributed by atoms with Gasteiger partial charge in [-0.15, -0.1) is 0 Å². The number of aliphatic carboxylic acids is 1. The summed E-state index contributed by atoms with van der Waals surface area (Å²) in [5.41, 5.74) is 4.74. The lowest BCUT2D eigenvalue weighted by atomic mass is 10.0. The molecule has 0 bridgehead atoms. The Kier molecular flexibility index (Phi) is 5.45. The van der Waals surface area contributed by atoms with E-state index in [1.807, 2.05) is 24.3 Å². The van der Waals surface area contributed by atoms with E-state index in [0.717, 1.165) is 29.1 Å². The van der Waals surface area contributed by atoms with E-state index in [1.54, 1.807) is 0 Å². The van der Waals surface area contributed by atoms with Gasteiger partial charge in [0.25, 0.3) is 0 Å². The van der Waals surface area contributed by atoms with Gasteiger partial charge in [-0.05, 0) is 30.0 Å². The van der Waals surface area contributed by atoms with Gasteiger partial charge in [-0.1, -0.05) is 49.3 Å². The lowest BCUT2D eigenvalue weighted by Crippen LogP contribution is -2.49. The molecule has 0 spiro atoms. The third-order valence-electron chi connectivity index (χ3n) is 5.16. The number of hydrogen-bond donors (Lipinski definition) is 1. The second kappa shape index (κ2) is 8.17. The molecule has 4 rings (SSSR count). The Morgan fingerprint density at radius 1 is 1.17 bits per heavy atom. The van der Waals surface area contributed by atoms with Crippen molar-refractivity contribution in [2.24, 2.45) is 11.8 Å². The molecule has 0 aliphatic carbocycles. The van der Waals surface area contributed by atoms with E-state index < -0.39 is 5.97 Å². The third-order valence-corrected chi connectivity index (χ3v) is 5.16. The lowest BCUT2D eigenvalue weighted by Gasteiger charge is -2.36. The average molecular weight is 391 g/mol. The fourth-order valence-corrected chi connectivity index (χ4v) is 3.60. The Hall–Kier alpha value is -2.99. The topological polar surface area (TPSA) is 79.5 Å². The number of benzene rings is 1. The summed E-state index contributed by atoms with van der Waals surface area (Å²) in [5, 5.41) is 13.2. The minimum atomic E-state index is -0.727. The summed E-state index contributed by atoms with van der Waals surface area (Å²) in [5.74, 6) is 0.264. The number of likely N-dealkylation sites (tertiary alicyclic amines) is 1. The highest BCUT2D eigenvalue weighted by atomic mass is 16.5. The van der Waals surface area contributed by atoms with Crippen molar-refractivity contribution in [3.8, 4) is 22.7 Å². The first kappa shape index (κ1) is 19.3. The number of aromatic nitrogens is 2. The Morgan fingerprint density at radius 3 is 2.62 bits per heavy atom. The van der Waals surface area contributed by atoms with Crippen molar-refractivity contribution in [2.45, 2.75) is 26.8 Å². The number of nitrogens with zero attached hydrogens (tertiary/aromatic N) is 3. The van der Waals surface area contributed by atoms with Crippen LogP contribution in [0.5, 0.6) is 0 Å². The Bertz CT molecular complexity index is 989. The highest BCUT2D eigenvalue weighted by Crippen LogP contribution is 2.26. The van der Waals surface area contributed by atoms with Crippen LogP contribution in [0.1, 0.15) is 25.1 Å². The fourth-order valence-electron chi connectivity index (χ4n) is 3.60. The molecule has 3 aromatic rings. The van der Waals surface area contributed by atoms with E-state index in [-0.39, 0.29) is 5.92 Å². The fraction of sp³-hybridized carbons (Fsp3) is 0.348. The number of hydrogen-bond acceptors (Lipinski definition) is 5. The van der Waals surface area contributed by atoms with Crippen molar-refractivity contribution in [3.63, 3.8) is 0 Å². The normalized spacial score (nSPS) is 14.9. The molecule has 0 atom stereocenters. The molecule has 3 heterocycles. The van der Waals surface area contributed by atoms with Gasteiger partial charge in [-0.25, -0.2) is 4.98 Å². The van der Waals surface area contributed by atoms with Crippen LogP contribution in [0.25, 0.3) is 22.7 Å². The summed E-state index contributed by atoms with van der Waals surface area (Å²) in [7, 11) is 0. The van der Waals surface area contributed by atoms with Crippen LogP contribution in [0.3, 0.4) is 0 Å². The van der Waals surface area contributed by atoms with Crippen molar-refractivity contribution in [1.29, 1.82) is 0 Å². The van der Waals surface area contributed by atoms with Crippen LogP contribution in [0.4, 0.5) is 0 Å². The first-order valence-corrected chi connectivity index (χ1v) is 9.95. The maximum absolute atomic E-state index is 10.9. The third kappa shape index (κ3) is 4.54. The van der Waals surface area contributed by atoms with E-state index in [4.69, 9.17) is 9.63 Å². The largest absolute Gasteiger partial charge is 0.481 e. The zero-order valence-electron chi connectivity index (χ0n) is 16.7. The minimum Gasteiger partial charge on any atom is -0.481 e. The zero-order chi connectivity index (χ0) is 20.4. The maximum atomic E-state index is 10.9. The van der Waals surface area contributed by atoms with Gasteiger partial charge in [0.05, 0.1) is 11.6 Å². The van der Waals surface area contributed by atoms with Gasteiger partial charge < -0.3 is 9.63 Å². The highest BCUT2D eigenvalue weighted by Gasteiger charge is 2.32. The summed E-state index contributed by atoms with van der Waals surface area (Å²) >= 11 is 0. The second-order valence-corrected chi connectivity index (χ2v) is 8.11. The average Bonchev–Trinajstić information content (AvgIpc) is 3.14. The number of carboxylic acids is 1. The van der Waals surface area contributed by atoms with Crippen LogP contribution in [0.2, 0.25) is 0 Å². The maximum Gasteiger partial charge on any atom is 0.309 e. The zero-order valence-corrected chi connectivity index (χ0v) is 16.7. The van der Waals surface area contributed by atoms with Crippen LogP contribution in [-0.2, 0) is 17.8 Å². The first-order chi connectivity index (χ1) is 14.0. The molecule has 6 heteroatoms. The van der Waals surface area contributed by atoms with E-state index in [0.29, 0.717) is 31.3 Å². The molecule has 0 radical (unpaired) electrons. The highest BCUT2D eigenvalue weighted by molar-refractivity contribution is 5.71. The van der Waals surface area contributed by atoms with Crippen LogP contribution in [-0.4, -0.2) is 39.2 Å². The molecule has 1 N–H and O–H groups in total. The van der Waals surface area contributed by atoms with Crippen LogP contribution >= 0.6 is 0 Å². The van der Waals surface area contributed by atoms with Crippen molar-refractivity contribution in [2.75, 3.05) is 13.1 Å². The molecule has 1 saturated heterocycles. The molecular formula is C23H25N3O3. The molecule has 1 aliphatic heterocycles. The summed E-state index contributed by atoms with van der Waals surface area (Å²) in [4.78, 5) is 17.7. The second-order valence-electron chi connectivity index (χ2n) is 8.11. The first-order valence-electron chi connectivity index (χ1n) is 9.95. The van der Waals surface area contributed by atoms with Crippen molar-refractivity contribution < 1.29 is 14.4 Å². The SMILES string of the molecule is CC(C)Cc1ccc(-c2cc(-c3cccc(CN4CC(C(=O)O)C4)n3)on2)cc1. The van der Waals surface area contributed by atoms with E-state index in [1.165, 1.54) is 5.56 Å². The van der Waals surface area contributed by atoms with Crippen LogP contribution in [0, 0.1) is 11.8 Å². The van der Waals surface area contributed by atoms with Gasteiger partial charge in [-0.3, -0.25) is 9.69 Å².